The van der Waals surface area contributed by atoms with Crippen molar-refractivity contribution in [3.63, 3.8) is 0 Å². The quantitative estimate of drug-likeness (QED) is 0.896. The Balaban J connectivity index is 1.65. The van der Waals surface area contributed by atoms with Crippen LogP contribution in [-0.2, 0) is 21.2 Å². The maximum atomic E-state index is 12.0. The average molecular weight is 324 g/mol. The van der Waals surface area contributed by atoms with E-state index >= 15 is 0 Å². The number of amides is 1. The summed E-state index contributed by atoms with van der Waals surface area (Å²) in [7, 11) is -1.50. The van der Waals surface area contributed by atoms with Crippen molar-refractivity contribution in [2.45, 2.75) is 13.0 Å². The van der Waals surface area contributed by atoms with Crippen LogP contribution in [0.2, 0.25) is 0 Å². The van der Waals surface area contributed by atoms with Gasteiger partial charge < -0.3 is 14.5 Å². The van der Waals surface area contributed by atoms with Gasteiger partial charge in [0.1, 0.15) is 11.3 Å². The molecule has 2 heterocycles. The van der Waals surface area contributed by atoms with Crippen LogP contribution >= 0.6 is 0 Å². The van der Waals surface area contributed by atoms with Crippen molar-refractivity contribution >= 4 is 26.8 Å². The third kappa shape index (κ3) is 3.06. The lowest BCUT2D eigenvalue weighted by molar-refractivity contribution is -0.124. The van der Waals surface area contributed by atoms with Gasteiger partial charge in [-0.1, -0.05) is 0 Å². The number of sulfone groups is 1. The molecule has 1 fully saturated rings. The number of benzene rings is 1. The zero-order valence-electron chi connectivity index (χ0n) is 12.0. The first-order chi connectivity index (χ1) is 10.5. The van der Waals surface area contributed by atoms with Gasteiger partial charge in [0.15, 0.2) is 15.4 Å². The van der Waals surface area contributed by atoms with Gasteiger partial charge in [-0.2, -0.15) is 0 Å². The Kier molecular flexibility index (Phi) is 3.78. The molecular formula is C14H16N2O5S. The minimum atomic E-state index is -3.07. The molecule has 1 saturated heterocycles. The topological polar surface area (TPSA) is 98.5 Å². The molecule has 1 atom stereocenters. The van der Waals surface area contributed by atoms with Crippen molar-refractivity contribution in [1.29, 1.82) is 0 Å². The highest BCUT2D eigenvalue weighted by Crippen LogP contribution is 2.22. The van der Waals surface area contributed by atoms with E-state index in [-0.39, 0.29) is 24.0 Å². The molecule has 0 spiro atoms. The van der Waals surface area contributed by atoms with E-state index in [0.29, 0.717) is 29.2 Å². The van der Waals surface area contributed by atoms with Crippen LogP contribution in [-0.4, -0.2) is 37.9 Å². The van der Waals surface area contributed by atoms with Gasteiger partial charge in [0, 0.05) is 6.07 Å². The number of methoxy groups -OCH3 is 1. The van der Waals surface area contributed by atoms with Gasteiger partial charge in [-0.25, -0.2) is 13.4 Å². The minimum Gasteiger partial charge on any atom is -0.497 e. The van der Waals surface area contributed by atoms with Crippen molar-refractivity contribution < 1.29 is 22.4 Å². The molecule has 2 aromatic rings. The van der Waals surface area contributed by atoms with E-state index in [2.05, 4.69) is 10.3 Å². The second-order valence-corrected chi connectivity index (χ2v) is 7.49. The van der Waals surface area contributed by atoms with Crippen LogP contribution < -0.4 is 10.1 Å². The van der Waals surface area contributed by atoms with Gasteiger partial charge >= 0.3 is 0 Å². The normalized spacial score (nSPS) is 20.1. The van der Waals surface area contributed by atoms with Crippen molar-refractivity contribution in [3.8, 4) is 5.75 Å². The second-order valence-electron chi connectivity index (χ2n) is 5.26. The Hall–Kier alpha value is -2.09. The maximum Gasteiger partial charge on any atom is 0.224 e. The second kappa shape index (κ2) is 5.60. The Morgan fingerprint density at radius 3 is 3.00 bits per heavy atom. The molecule has 1 aromatic heterocycles. The summed E-state index contributed by atoms with van der Waals surface area (Å²) in [5, 5.41) is 2.68. The molecule has 0 unspecified atom stereocenters. The number of aromatic nitrogens is 1. The number of ether oxygens (including phenoxy) is 1. The average Bonchev–Trinajstić information content (AvgIpc) is 3.06. The fraction of sp³-hybridized carbons (Fsp3) is 0.429. The summed E-state index contributed by atoms with van der Waals surface area (Å²) in [5.41, 5.74) is 1.25. The van der Waals surface area contributed by atoms with Gasteiger partial charge in [0.05, 0.1) is 31.1 Å². The van der Waals surface area contributed by atoms with Crippen molar-refractivity contribution in [2.24, 2.45) is 5.92 Å². The van der Waals surface area contributed by atoms with E-state index in [0.717, 1.165) is 0 Å². The predicted molar refractivity (Wildman–Crippen MR) is 79.2 cm³/mol. The van der Waals surface area contributed by atoms with E-state index in [1.165, 1.54) is 0 Å². The first-order valence-corrected chi connectivity index (χ1v) is 8.70. The molecule has 0 aliphatic carbocycles. The van der Waals surface area contributed by atoms with E-state index in [4.69, 9.17) is 9.15 Å². The van der Waals surface area contributed by atoms with Gasteiger partial charge in [-0.15, -0.1) is 0 Å². The summed E-state index contributed by atoms with van der Waals surface area (Å²) in [4.78, 5) is 16.2. The number of carbonyl (C=O) groups excluding carboxylic acids is 1. The number of oxazole rings is 1. The number of fused-ring (bicyclic) bond motifs is 1. The molecule has 8 heteroatoms. The summed E-state index contributed by atoms with van der Waals surface area (Å²) in [6.45, 7) is 0.131. The Morgan fingerprint density at radius 1 is 1.50 bits per heavy atom. The molecule has 118 valence electrons. The number of hydrogen-bond acceptors (Lipinski definition) is 6. The van der Waals surface area contributed by atoms with Crippen LogP contribution in [0, 0.1) is 5.92 Å². The lowest BCUT2D eigenvalue weighted by Crippen LogP contribution is -2.31. The van der Waals surface area contributed by atoms with Crippen LogP contribution in [0.15, 0.2) is 22.6 Å². The smallest absolute Gasteiger partial charge is 0.224 e. The molecule has 0 saturated carbocycles. The molecule has 0 bridgehead atoms. The van der Waals surface area contributed by atoms with E-state index in [1.807, 2.05) is 0 Å². The molecule has 1 N–H and O–H groups in total. The number of hydrogen-bond donors (Lipinski definition) is 1. The highest BCUT2D eigenvalue weighted by Gasteiger charge is 2.32. The number of rotatable bonds is 4. The first kappa shape index (κ1) is 14.8. The van der Waals surface area contributed by atoms with Crippen LogP contribution in [0.25, 0.3) is 11.1 Å². The standard InChI is InChI=1S/C14H16N2O5S/c1-20-10-2-3-12-11(6-10)16-13(21-12)7-15-14(17)9-4-5-22(18,19)8-9/h2-3,6,9H,4-5,7-8H2,1H3,(H,15,17)/t9-/m0/s1. The highest BCUT2D eigenvalue weighted by molar-refractivity contribution is 7.91. The van der Waals surface area contributed by atoms with Crippen molar-refractivity contribution in [1.82, 2.24) is 10.3 Å². The molecule has 1 aliphatic rings. The Labute approximate surface area is 127 Å². The molecule has 3 rings (SSSR count). The molecule has 0 radical (unpaired) electrons. The van der Waals surface area contributed by atoms with Gasteiger partial charge in [0.25, 0.3) is 0 Å². The molecule has 7 nitrogen and oxygen atoms in total. The molecule has 1 aromatic carbocycles. The van der Waals surface area contributed by atoms with E-state index in [1.54, 1.807) is 25.3 Å². The SMILES string of the molecule is COc1ccc2oc(CNC(=O)[C@H]3CCS(=O)(=O)C3)nc2c1. The zero-order chi connectivity index (χ0) is 15.7. The van der Waals surface area contributed by atoms with Crippen LogP contribution in [0.4, 0.5) is 0 Å². The van der Waals surface area contributed by atoms with Crippen LogP contribution in [0.3, 0.4) is 0 Å². The van der Waals surface area contributed by atoms with Gasteiger partial charge in [-0.05, 0) is 18.6 Å². The van der Waals surface area contributed by atoms with Crippen LogP contribution in [0.1, 0.15) is 12.3 Å². The third-order valence-corrected chi connectivity index (χ3v) is 5.42. The molecule has 1 aliphatic heterocycles. The fourth-order valence-corrected chi connectivity index (χ4v) is 4.21. The number of carbonyl (C=O) groups is 1. The van der Waals surface area contributed by atoms with E-state index in [9.17, 15) is 13.2 Å². The predicted octanol–water partition coefficient (Wildman–Crippen LogP) is 0.887. The molecule has 1 amide bonds. The largest absolute Gasteiger partial charge is 0.497 e. The molecular weight excluding hydrogens is 308 g/mol. The minimum absolute atomic E-state index is 0.0772. The summed E-state index contributed by atoms with van der Waals surface area (Å²) in [5.74, 6) is 0.289. The number of nitrogens with one attached hydrogen (secondary N) is 1. The maximum absolute atomic E-state index is 12.0. The number of nitrogens with zero attached hydrogens (tertiary/aromatic N) is 1. The van der Waals surface area contributed by atoms with Gasteiger partial charge in [-0.3, -0.25) is 4.79 Å². The summed E-state index contributed by atoms with van der Waals surface area (Å²) in [6.07, 6.45) is 0.374. The van der Waals surface area contributed by atoms with Crippen LogP contribution in [0.5, 0.6) is 5.75 Å². The lowest BCUT2D eigenvalue weighted by Gasteiger charge is -2.07. The molecule has 22 heavy (non-hydrogen) atoms. The van der Waals surface area contributed by atoms with Gasteiger partial charge in [0.2, 0.25) is 11.8 Å². The van der Waals surface area contributed by atoms with E-state index < -0.39 is 15.8 Å². The van der Waals surface area contributed by atoms with Crippen molar-refractivity contribution in [3.05, 3.63) is 24.1 Å². The Bertz CT molecular complexity index is 812. The van der Waals surface area contributed by atoms with Crippen molar-refractivity contribution in [2.75, 3.05) is 18.6 Å². The lowest BCUT2D eigenvalue weighted by atomic mass is 10.1. The third-order valence-electron chi connectivity index (χ3n) is 3.66. The first-order valence-electron chi connectivity index (χ1n) is 6.88. The zero-order valence-corrected chi connectivity index (χ0v) is 12.9. The summed E-state index contributed by atoms with van der Waals surface area (Å²) in [6, 6.07) is 5.25. The summed E-state index contributed by atoms with van der Waals surface area (Å²) >= 11 is 0. The fourth-order valence-electron chi connectivity index (χ4n) is 2.47. The summed E-state index contributed by atoms with van der Waals surface area (Å²) < 4.78 is 33.4. The monoisotopic (exact) mass is 324 g/mol. The Morgan fingerprint density at radius 2 is 2.32 bits per heavy atom. The highest BCUT2D eigenvalue weighted by atomic mass is 32.2.